The smallest absolute Gasteiger partial charge is 0.406 e. The molecule has 0 aliphatic carbocycles. The minimum absolute atomic E-state index is 0.00522. The number of nitrogens with zero attached hydrogens (tertiary/aromatic N) is 3. The Morgan fingerprint density at radius 2 is 2.05 bits per heavy atom. The lowest BCUT2D eigenvalue weighted by atomic mass is 10.00. The summed E-state index contributed by atoms with van der Waals surface area (Å²) in [4.78, 5) is 27.4. The summed E-state index contributed by atoms with van der Waals surface area (Å²) in [6, 6.07) is -0.395. The average molecular weight is 582 g/mol. The van der Waals surface area contributed by atoms with E-state index in [9.17, 15) is 22.8 Å². The first kappa shape index (κ1) is 30.2. The summed E-state index contributed by atoms with van der Waals surface area (Å²) in [6.07, 6.45) is 11.6. The van der Waals surface area contributed by atoms with Crippen LogP contribution in [0.15, 0.2) is 62.9 Å². The van der Waals surface area contributed by atoms with Crippen molar-refractivity contribution in [1.82, 2.24) is 9.91 Å². The lowest BCUT2D eigenvalue weighted by molar-refractivity contribution is -0.303. The van der Waals surface area contributed by atoms with Crippen molar-refractivity contribution < 1.29 is 27.5 Å². The van der Waals surface area contributed by atoms with Gasteiger partial charge >= 0.3 is 6.36 Å². The maximum Gasteiger partial charge on any atom is 0.573 e. The first-order valence-corrected chi connectivity index (χ1v) is 12.7. The second kappa shape index (κ2) is 14.0. The second-order valence-corrected chi connectivity index (χ2v) is 9.54. The van der Waals surface area contributed by atoms with Gasteiger partial charge in [-0.25, -0.2) is 5.01 Å². The van der Waals surface area contributed by atoms with Gasteiger partial charge in [-0.3, -0.25) is 9.59 Å². The van der Waals surface area contributed by atoms with Crippen LogP contribution in [0.1, 0.15) is 52.9 Å². The van der Waals surface area contributed by atoms with E-state index in [0.717, 1.165) is 16.5 Å². The number of halogens is 4. The molecule has 2 amide bonds. The van der Waals surface area contributed by atoms with Crippen molar-refractivity contribution in [2.75, 3.05) is 13.1 Å². The van der Waals surface area contributed by atoms with E-state index in [1.807, 2.05) is 19.1 Å². The molecule has 2 rings (SSSR count). The van der Waals surface area contributed by atoms with E-state index in [1.165, 1.54) is 23.2 Å². The molecule has 0 aromatic heterocycles. The fourth-order valence-corrected chi connectivity index (χ4v) is 4.25. The van der Waals surface area contributed by atoms with Gasteiger partial charge in [-0.2, -0.15) is 5.10 Å². The third-order valence-corrected chi connectivity index (χ3v) is 6.16. The Bertz CT molecular complexity index is 1090. The van der Waals surface area contributed by atoms with E-state index < -0.39 is 24.1 Å². The summed E-state index contributed by atoms with van der Waals surface area (Å²) in [5.41, 5.74) is 1.85. The van der Waals surface area contributed by atoms with E-state index in [2.05, 4.69) is 31.7 Å². The summed E-state index contributed by atoms with van der Waals surface area (Å²) in [5, 5.41) is 5.87. The van der Waals surface area contributed by atoms with E-state index in [0.29, 0.717) is 37.1 Å². The number of carbonyl (C=O) groups excluding carboxylic acids is 2. The quantitative estimate of drug-likeness (QED) is 0.177. The highest BCUT2D eigenvalue weighted by Crippen LogP contribution is 2.27. The van der Waals surface area contributed by atoms with Crippen LogP contribution in [0.5, 0.6) is 0 Å². The third kappa shape index (κ3) is 9.39. The zero-order valence-corrected chi connectivity index (χ0v) is 22.7. The summed E-state index contributed by atoms with van der Waals surface area (Å²) >= 11 is 3.42. The van der Waals surface area contributed by atoms with Gasteiger partial charge in [0.05, 0.1) is 18.3 Å². The molecule has 0 saturated carbocycles. The molecule has 0 N–H and O–H groups in total. The molecule has 0 bridgehead atoms. The first-order valence-electron chi connectivity index (χ1n) is 11.9. The highest BCUT2D eigenvalue weighted by molar-refractivity contribution is 9.11. The van der Waals surface area contributed by atoms with Crippen molar-refractivity contribution in [2.45, 2.75) is 65.3 Å². The van der Waals surface area contributed by atoms with Gasteiger partial charge in [0, 0.05) is 30.3 Å². The van der Waals surface area contributed by atoms with Gasteiger partial charge in [0.1, 0.15) is 5.76 Å². The number of terminal acetylenes is 1. The summed E-state index contributed by atoms with van der Waals surface area (Å²) in [5.74, 6) is 1.74. The van der Waals surface area contributed by atoms with Crippen molar-refractivity contribution in [1.29, 1.82) is 0 Å². The Balaban J connectivity index is 2.32. The highest BCUT2D eigenvalue weighted by atomic mass is 79.9. The van der Waals surface area contributed by atoms with E-state index in [4.69, 9.17) is 6.42 Å². The van der Waals surface area contributed by atoms with Crippen molar-refractivity contribution in [2.24, 2.45) is 5.10 Å². The molecule has 1 atom stereocenters. The maximum atomic E-state index is 13.1. The third-order valence-electron chi connectivity index (χ3n) is 5.62. The van der Waals surface area contributed by atoms with Crippen molar-refractivity contribution in [3.05, 3.63) is 57.8 Å². The molecule has 6 nitrogen and oxygen atoms in total. The summed E-state index contributed by atoms with van der Waals surface area (Å²) < 4.78 is 43.1. The van der Waals surface area contributed by atoms with Crippen LogP contribution in [0.3, 0.4) is 0 Å². The minimum Gasteiger partial charge on any atom is -0.406 e. The van der Waals surface area contributed by atoms with Crippen LogP contribution < -0.4 is 0 Å². The lowest BCUT2D eigenvalue weighted by Crippen LogP contribution is -2.44. The van der Waals surface area contributed by atoms with Gasteiger partial charge in [0.2, 0.25) is 11.8 Å². The molecule has 37 heavy (non-hydrogen) atoms. The predicted molar refractivity (Wildman–Crippen MR) is 141 cm³/mol. The molecule has 0 spiro atoms. The van der Waals surface area contributed by atoms with Crippen LogP contribution in [0.25, 0.3) is 0 Å². The number of hydrogen-bond acceptors (Lipinski definition) is 4. The molecule has 1 fully saturated rings. The fourth-order valence-electron chi connectivity index (χ4n) is 3.96. The van der Waals surface area contributed by atoms with E-state index in [1.54, 1.807) is 24.8 Å². The Hall–Kier alpha value is -3.06. The van der Waals surface area contributed by atoms with Gasteiger partial charge in [-0.05, 0) is 44.4 Å². The molecule has 0 aromatic rings. The molecular weight excluding hydrogens is 551 g/mol. The number of allylic oxidation sites excluding steroid dienone is 7. The fraction of sp³-hybridized carbons (Fsp3) is 0.444. The number of hydrogen-bond donors (Lipinski definition) is 0. The van der Waals surface area contributed by atoms with Gasteiger partial charge in [-0.15, -0.1) is 25.5 Å². The summed E-state index contributed by atoms with van der Waals surface area (Å²) in [6.45, 7) is 5.92. The molecular formula is C27H31BrF3N3O3. The number of carbonyl (C=O) groups is 2. The molecule has 2 heterocycles. The number of ether oxygens (including phenoxy) is 1. The zero-order chi connectivity index (χ0) is 27.6. The van der Waals surface area contributed by atoms with Crippen molar-refractivity contribution in [3.63, 3.8) is 0 Å². The molecule has 0 radical (unpaired) electrons. The minimum atomic E-state index is -4.86. The largest absolute Gasteiger partial charge is 0.573 e. The van der Waals surface area contributed by atoms with Gasteiger partial charge in [-0.1, -0.05) is 52.7 Å². The molecule has 10 heteroatoms. The van der Waals surface area contributed by atoms with Crippen molar-refractivity contribution >= 4 is 33.5 Å². The Morgan fingerprint density at radius 3 is 2.62 bits per heavy atom. The Kier molecular flexibility index (Phi) is 11.4. The molecule has 0 aromatic carbocycles. The molecule has 200 valence electrons. The number of rotatable bonds is 10. The number of amides is 2. The van der Waals surface area contributed by atoms with Crippen LogP contribution in [0.2, 0.25) is 0 Å². The number of likely N-dealkylation sites (tertiary alicyclic amines) is 1. The van der Waals surface area contributed by atoms with E-state index >= 15 is 0 Å². The normalized spacial score (nSPS) is 20.1. The first-order chi connectivity index (χ1) is 17.5. The zero-order valence-electron chi connectivity index (χ0n) is 21.1. The summed E-state index contributed by atoms with van der Waals surface area (Å²) in [7, 11) is 0. The van der Waals surface area contributed by atoms with Crippen molar-refractivity contribution in [3.8, 4) is 12.3 Å². The number of hydrazone groups is 1. The topological polar surface area (TPSA) is 62.2 Å². The van der Waals surface area contributed by atoms with Crippen LogP contribution >= 0.6 is 15.9 Å². The SMILES string of the molecule is C#CC/C(Br)=C\C=C(/CC)C1=NN(C(=O)C/C(C)=C/C(=C\C=C/C)OC(F)(F)F)CC1N1CCCC1=O. The average Bonchev–Trinajstić information content (AvgIpc) is 3.43. The maximum absolute atomic E-state index is 13.1. The van der Waals surface area contributed by atoms with Crippen LogP contribution in [-0.4, -0.2) is 52.9 Å². The van der Waals surface area contributed by atoms with Crippen LogP contribution in [0.4, 0.5) is 13.2 Å². The lowest BCUT2D eigenvalue weighted by Gasteiger charge is -2.26. The van der Waals surface area contributed by atoms with Gasteiger partial charge in [0.15, 0.2) is 0 Å². The van der Waals surface area contributed by atoms with Crippen LogP contribution in [-0.2, 0) is 14.3 Å². The van der Waals surface area contributed by atoms with Gasteiger partial charge < -0.3 is 9.64 Å². The molecule has 2 aliphatic heterocycles. The van der Waals surface area contributed by atoms with Gasteiger partial charge in [0.25, 0.3) is 0 Å². The standard InChI is InChI=1S/C27H31BrF3N3O3/c1-5-8-11-22(37-27(29,30)31)16-19(4)17-25(36)34-18-23(33-15-9-12-24(33)35)26(32-34)20(7-3)13-14-21(28)10-6-2/h2,5,8,11,13-14,16,23H,7,9-10,12,15,17-18H2,1,3-4H3/b8-5-,19-16+,20-13+,21-14+,22-11+. The van der Waals surface area contributed by atoms with Crippen LogP contribution in [0, 0.1) is 12.3 Å². The number of alkyl halides is 3. The Labute approximate surface area is 224 Å². The monoisotopic (exact) mass is 581 g/mol. The second-order valence-electron chi connectivity index (χ2n) is 8.52. The molecule has 1 saturated heterocycles. The Morgan fingerprint density at radius 1 is 1.32 bits per heavy atom. The molecule has 2 aliphatic rings. The molecule has 1 unspecified atom stereocenters. The van der Waals surface area contributed by atoms with E-state index in [-0.39, 0.29) is 18.9 Å². The predicted octanol–water partition coefficient (Wildman–Crippen LogP) is 6.15. The highest BCUT2D eigenvalue weighted by Gasteiger charge is 2.39.